The standard InChI is InChI=1S/C12H18N2O4S/c1-8-7-19-12(17)14(8)5-11(16)13-3-9(2)18-10(4-13)6-15/h7,9-10,15H,3-6H2,1-2H3. The molecular formula is C12H18N2O4S. The van der Waals surface area contributed by atoms with Crippen LogP contribution in [0.5, 0.6) is 0 Å². The summed E-state index contributed by atoms with van der Waals surface area (Å²) in [7, 11) is 0. The third-order valence-corrected chi connectivity index (χ3v) is 4.03. The summed E-state index contributed by atoms with van der Waals surface area (Å²) in [5, 5.41) is 10.9. The lowest BCUT2D eigenvalue weighted by molar-refractivity contribution is -0.147. The zero-order valence-corrected chi connectivity index (χ0v) is 11.9. The molecule has 6 nitrogen and oxygen atoms in total. The lowest BCUT2D eigenvalue weighted by atomic mass is 10.2. The quantitative estimate of drug-likeness (QED) is 0.837. The Kier molecular flexibility index (Phi) is 4.38. The monoisotopic (exact) mass is 286 g/mol. The number of aryl methyl sites for hydroxylation is 1. The van der Waals surface area contributed by atoms with Crippen LogP contribution >= 0.6 is 11.3 Å². The predicted molar refractivity (Wildman–Crippen MR) is 71.3 cm³/mol. The summed E-state index contributed by atoms with van der Waals surface area (Å²) in [4.78, 5) is 25.3. The van der Waals surface area contributed by atoms with E-state index in [1.165, 1.54) is 4.57 Å². The number of aliphatic hydroxyl groups excluding tert-OH is 1. The first kappa shape index (κ1) is 14.2. The number of aromatic nitrogens is 1. The van der Waals surface area contributed by atoms with Crippen molar-refractivity contribution in [2.24, 2.45) is 0 Å². The highest BCUT2D eigenvalue weighted by molar-refractivity contribution is 7.07. The number of carbonyl (C=O) groups is 1. The van der Waals surface area contributed by atoms with E-state index in [2.05, 4.69) is 0 Å². The minimum absolute atomic E-state index is 0.0546. The van der Waals surface area contributed by atoms with E-state index in [9.17, 15) is 9.59 Å². The molecule has 1 saturated heterocycles. The van der Waals surface area contributed by atoms with Crippen molar-refractivity contribution in [2.45, 2.75) is 32.6 Å². The molecule has 0 spiro atoms. The van der Waals surface area contributed by atoms with E-state index in [0.717, 1.165) is 17.0 Å². The minimum atomic E-state index is -0.340. The molecule has 7 heteroatoms. The number of rotatable bonds is 3. The van der Waals surface area contributed by atoms with Crippen LogP contribution in [-0.4, -0.2) is 52.4 Å². The highest BCUT2D eigenvalue weighted by Crippen LogP contribution is 2.12. The molecule has 0 saturated carbocycles. The van der Waals surface area contributed by atoms with Crippen molar-refractivity contribution in [1.82, 2.24) is 9.47 Å². The van der Waals surface area contributed by atoms with Gasteiger partial charge in [0.05, 0.1) is 18.8 Å². The van der Waals surface area contributed by atoms with Gasteiger partial charge in [0.2, 0.25) is 5.91 Å². The average molecular weight is 286 g/mol. The summed E-state index contributed by atoms with van der Waals surface area (Å²) in [6, 6.07) is 0. The maximum Gasteiger partial charge on any atom is 0.307 e. The fourth-order valence-corrected chi connectivity index (χ4v) is 2.92. The highest BCUT2D eigenvalue weighted by atomic mass is 32.1. The van der Waals surface area contributed by atoms with Gasteiger partial charge in [0.15, 0.2) is 0 Å². The Morgan fingerprint density at radius 1 is 1.58 bits per heavy atom. The maximum absolute atomic E-state index is 12.2. The number of nitrogens with zero attached hydrogens (tertiary/aromatic N) is 2. The van der Waals surface area contributed by atoms with Crippen LogP contribution in [0.3, 0.4) is 0 Å². The van der Waals surface area contributed by atoms with E-state index in [4.69, 9.17) is 9.84 Å². The Bertz CT molecular complexity index is 510. The van der Waals surface area contributed by atoms with Crippen molar-refractivity contribution < 1.29 is 14.6 Å². The second-order valence-corrected chi connectivity index (χ2v) is 5.60. The number of amides is 1. The smallest absolute Gasteiger partial charge is 0.307 e. The van der Waals surface area contributed by atoms with Gasteiger partial charge in [0.25, 0.3) is 0 Å². The number of aliphatic hydroxyl groups is 1. The van der Waals surface area contributed by atoms with Gasteiger partial charge in [-0.25, -0.2) is 0 Å². The van der Waals surface area contributed by atoms with Gasteiger partial charge < -0.3 is 14.7 Å². The zero-order chi connectivity index (χ0) is 14.0. The number of ether oxygens (including phenoxy) is 1. The first-order valence-electron chi connectivity index (χ1n) is 6.20. The first-order valence-corrected chi connectivity index (χ1v) is 7.08. The molecular weight excluding hydrogens is 268 g/mol. The SMILES string of the molecule is Cc1csc(=O)n1CC(=O)N1CC(C)OC(CO)C1. The molecule has 1 amide bonds. The van der Waals surface area contributed by atoms with Crippen molar-refractivity contribution >= 4 is 17.2 Å². The second kappa shape index (κ2) is 5.85. The Balaban J connectivity index is 2.05. The summed E-state index contributed by atoms with van der Waals surface area (Å²) in [5.41, 5.74) is 0.795. The van der Waals surface area contributed by atoms with Crippen molar-refractivity contribution in [3.63, 3.8) is 0 Å². The first-order chi connectivity index (χ1) is 9.01. The molecule has 1 aliphatic rings. The number of carbonyl (C=O) groups excluding carboxylic acids is 1. The maximum atomic E-state index is 12.2. The molecule has 106 valence electrons. The normalized spacial score (nSPS) is 23.6. The Labute approximate surface area is 115 Å². The molecule has 1 fully saturated rings. The zero-order valence-electron chi connectivity index (χ0n) is 11.0. The van der Waals surface area contributed by atoms with Gasteiger partial charge in [-0.15, -0.1) is 0 Å². The van der Waals surface area contributed by atoms with E-state index in [1.54, 1.807) is 10.3 Å². The number of thiazole rings is 1. The van der Waals surface area contributed by atoms with Gasteiger partial charge >= 0.3 is 4.87 Å². The lowest BCUT2D eigenvalue weighted by Gasteiger charge is -2.36. The van der Waals surface area contributed by atoms with Gasteiger partial charge in [0.1, 0.15) is 6.54 Å². The average Bonchev–Trinajstić information content (AvgIpc) is 2.69. The van der Waals surface area contributed by atoms with E-state index in [-0.39, 0.29) is 36.1 Å². The molecule has 1 aromatic heterocycles. The van der Waals surface area contributed by atoms with E-state index >= 15 is 0 Å². The van der Waals surface area contributed by atoms with E-state index in [1.807, 2.05) is 13.8 Å². The van der Waals surface area contributed by atoms with Gasteiger partial charge in [-0.05, 0) is 13.8 Å². The van der Waals surface area contributed by atoms with Crippen LogP contribution in [0.15, 0.2) is 10.2 Å². The third kappa shape index (κ3) is 3.23. The molecule has 2 rings (SSSR count). The van der Waals surface area contributed by atoms with Crippen molar-refractivity contribution in [1.29, 1.82) is 0 Å². The predicted octanol–water partition coefficient (Wildman–Crippen LogP) is -0.174. The molecule has 0 aromatic carbocycles. The van der Waals surface area contributed by atoms with Crippen LogP contribution in [0.2, 0.25) is 0 Å². The fourth-order valence-electron chi connectivity index (χ4n) is 2.18. The van der Waals surface area contributed by atoms with Crippen LogP contribution in [0.4, 0.5) is 0 Å². The highest BCUT2D eigenvalue weighted by Gasteiger charge is 2.28. The summed E-state index contributed by atoms with van der Waals surface area (Å²) < 4.78 is 6.96. The Hall–Kier alpha value is -1.18. The molecule has 2 atom stereocenters. The van der Waals surface area contributed by atoms with Crippen molar-refractivity contribution in [3.8, 4) is 0 Å². The van der Waals surface area contributed by atoms with Crippen molar-refractivity contribution in [2.75, 3.05) is 19.7 Å². The third-order valence-electron chi connectivity index (χ3n) is 3.15. The van der Waals surface area contributed by atoms with Crippen LogP contribution in [0.1, 0.15) is 12.6 Å². The summed E-state index contributed by atoms with van der Waals surface area (Å²) in [5.74, 6) is -0.114. The molecule has 1 N–H and O–H groups in total. The minimum Gasteiger partial charge on any atom is -0.394 e. The van der Waals surface area contributed by atoms with Crippen LogP contribution < -0.4 is 4.87 Å². The Morgan fingerprint density at radius 3 is 2.89 bits per heavy atom. The second-order valence-electron chi connectivity index (χ2n) is 4.78. The number of hydrogen-bond donors (Lipinski definition) is 1. The fraction of sp³-hybridized carbons (Fsp3) is 0.667. The molecule has 19 heavy (non-hydrogen) atoms. The van der Waals surface area contributed by atoms with Crippen molar-refractivity contribution in [3.05, 3.63) is 20.7 Å². The molecule has 2 unspecified atom stereocenters. The summed E-state index contributed by atoms with van der Waals surface area (Å²) in [6.07, 6.45) is -0.442. The van der Waals surface area contributed by atoms with Crippen LogP contribution in [0, 0.1) is 6.92 Å². The molecule has 1 aliphatic heterocycles. The van der Waals surface area contributed by atoms with Gasteiger partial charge in [-0.1, -0.05) is 11.3 Å². The summed E-state index contributed by atoms with van der Waals surface area (Å²) in [6.45, 7) is 4.49. The molecule has 2 heterocycles. The number of morpholine rings is 1. The molecule has 1 aromatic rings. The van der Waals surface area contributed by atoms with Gasteiger partial charge in [-0.3, -0.25) is 14.2 Å². The van der Waals surface area contributed by atoms with E-state index < -0.39 is 0 Å². The van der Waals surface area contributed by atoms with Gasteiger partial charge in [-0.2, -0.15) is 0 Å². The van der Waals surface area contributed by atoms with E-state index in [0.29, 0.717) is 13.1 Å². The topological polar surface area (TPSA) is 71.8 Å². The van der Waals surface area contributed by atoms with Gasteiger partial charge in [0, 0.05) is 24.2 Å². The molecule has 0 aliphatic carbocycles. The lowest BCUT2D eigenvalue weighted by Crippen LogP contribution is -2.51. The Morgan fingerprint density at radius 2 is 2.32 bits per heavy atom. The van der Waals surface area contributed by atoms with Crippen LogP contribution in [-0.2, 0) is 16.1 Å². The molecule has 0 bridgehead atoms. The largest absolute Gasteiger partial charge is 0.394 e. The summed E-state index contributed by atoms with van der Waals surface area (Å²) >= 11 is 1.10. The molecule has 0 radical (unpaired) electrons. The van der Waals surface area contributed by atoms with Crippen LogP contribution in [0.25, 0.3) is 0 Å². The number of hydrogen-bond acceptors (Lipinski definition) is 5.